The molecule has 0 bridgehead atoms. The molecule has 5 aromatic rings. The average Bonchev–Trinajstić information content (AvgIpc) is 2.94. The first-order chi connectivity index (χ1) is 18.9. The molecule has 0 aliphatic heterocycles. The highest BCUT2D eigenvalue weighted by molar-refractivity contribution is 6.30. The van der Waals surface area contributed by atoms with E-state index in [0.717, 1.165) is 28.7 Å². The quantitative estimate of drug-likeness (QED) is 0.186. The molecule has 5 rings (SSSR count). The lowest BCUT2D eigenvalue weighted by molar-refractivity contribution is 0.342. The summed E-state index contributed by atoms with van der Waals surface area (Å²) in [5.41, 5.74) is 18.8. The molecule has 39 heavy (non-hydrogen) atoms. The Hall–Kier alpha value is -4.81. The fourth-order valence-electron chi connectivity index (χ4n) is 3.17. The molecule has 7 heteroatoms. The van der Waals surface area contributed by atoms with Crippen molar-refractivity contribution in [2.45, 2.75) is 6.92 Å². The highest BCUT2D eigenvalue weighted by atomic mass is 35.5. The lowest BCUT2D eigenvalue weighted by atomic mass is 10.3. The summed E-state index contributed by atoms with van der Waals surface area (Å²) in [6.07, 6.45) is 0. The second-order valence-corrected chi connectivity index (χ2v) is 8.52. The third-order valence-corrected chi connectivity index (χ3v) is 5.20. The Morgan fingerprint density at radius 3 is 1.62 bits per heavy atom. The van der Waals surface area contributed by atoms with E-state index in [4.69, 9.17) is 43.0 Å². The monoisotopic (exact) mass is 541 g/mol. The maximum Gasteiger partial charge on any atom is 0.142 e. The third-order valence-electron chi connectivity index (χ3n) is 4.97. The average molecular weight is 542 g/mol. The molecule has 0 aliphatic carbocycles. The van der Waals surface area contributed by atoms with Crippen LogP contribution in [0.3, 0.4) is 0 Å². The van der Waals surface area contributed by atoms with Gasteiger partial charge in [-0.3, -0.25) is 0 Å². The first kappa shape index (κ1) is 28.8. The summed E-state index contributed by atoms with van der Waals surface area (Å²) >= 11 is 5.68. The van der Waals surface area contributed by atoms with Gasteiger partial charge in [-0.25, -0.2) is 0 Å². The van der Waals surface area contributed by atoms with Crippen LogP contribution in [0.5, 0.6) is 28.7 Å². The molecule has 6 N–H and O–H groups in total. The molecule has 0 fully saturated rings. The molecule has 0 radical (unpaired) electrons. The zero-order valence-electron chi connectivity index (χ0n) is 21.7. The van der Waals surface area contributed by atoms with Gasteiger partial charge in [-0.05, 0) is 85.8 Å². The normalized spacial score (nSPS) is 9.69. The van der Waals surface area contributed by atoms with E-state index in [0.29, 0.717) is 28.8 Å². The van der Waals surface area contributed by atoms with Gasteiger partial charge in [0.15, 0.2) is 0 Å². The van der Waals surface area contributed by atoms with Crippen molar-refractivity contribution in [1.82, 2.24) is 0 Å². The fourth-order valence-corrected chi connectivity index (χ4v) is 3.35. The molecule has 200 valence electrons. The van der Waals surface area contributed by atoms with Gasteiger partial charge in [0.2, 0.25) is 0 Å². The number of nitrogen functional groups attached to an aromatic ring is 3. The van der Waals surface area contributed by atoms with E-state index in [9.17, 15) is 0 Å². The predicted molar refractivity (Wildman–Crippen MR) is 162 cm³/mol. The highest BCUT2D eigenvalue weighted by Gasteiger charge is 1.99. The summed E-state index contributed by atoms with van der Waals surface area (Å²) < 4.78 is 16.4. The largest absolute Gasteiger partial charge is 0.492 e. The third kappa shape index (κ3) is 10.6. The number of para-hydroxylation sites is 2. The summed E-state index contributed by atoms with van der Waals surface area (Å²) in [6.45, 7) is 2.53. The van der Waals surface area contributed by atoms with Crippen LogP contribution in [0.4, 0.5) is 17.1 Å². The van der Waals surface area contributed by atoms with Gasteiger partial charge in [0.1, 0.15) is 28.7 Å². The van der Waals surface area contributed by atoms with Gasteiger partial charge in [0, 0.05) is 22.5 Å². The Balaban J connectivity index is 0.000000163. The van der Waals surface area contributed by atoms with Crippen LogP contribution in [-0.2, 0) is 0 Å². The molecule has 0 aliphatic rings. The van der Waals surface area contributed by atoms with Crippen LogP contribution in [0.25, 0.3) is 0 Å². The van der Waals surface area contributed by atoms with Crippen molar-refractivity contribution in [1.29, 1.82) is 0 Å². The molecular weight excluding hydrogens is 510 g/mol. The van der Waals surface area contributed by atoms with Crippen molar-refractivity contribution >= 4 is 28.7 Å². The molecule has 5 aromatic carbocycles. The first-order valence-corrected chi connectivity index (χ1v) is 12.7. The van der Waals surface area contributed by atoms with Crippen LogP contribution >= 0.6 is 11.6 Å². The zero-order valence-corrected chi connectivity index (χ0v) is 22.4. The lowest BCUT2D eigenvalue weighted by Crippen LogP contribution is -1.95. The second-order valence-electron chi connectivity index (χ2n) is 8.09. The first-order valence-electron chi connectivity index (χ1n) is 12.3. The van der Waals surface area contributed by atoms with Crippen LogP contribution in [-0.4, -0.2) is 6.61 Å². The maximum absolute atomic E-state index is 5.68. The fraction of sp³-hybridized carbons (Fsp3) is 0.0625. The molecular formula is C32H32ClN3O3. The van der Waals surface area contributed by atoms with Gasteiger partial charge in [-0.15, -0.1) is 0 Å². The summed E-state index contributed by atoms with van der Waals surface area (Å²) in [6, 6.07) is 39.2. The van der Waals surface area contributed by atoms with Crippen molar-refractivity contribution < 1.29 is 14.2 Å². The van der Waals surface area contributed by atoms with Gasteiger partial charge in [0.25, 0.3) is 0 Å². The molecule has 0 atom stereocenters. The lowest BCUT2D eigenvalue weighted by Gasteiger charge is -2.05. The Bertz CT molecular complexity index is 1400. The predicted octanol–water partition coefficient (Wildman–Crippen LogP) is 8.44. The summed E-state index contributed by atoms with van der Waals surface area (Å²) in [7, 11) is 0. The Morgan fingerprint density at radius 2 is 1.08 bits per heavy atom. The summed E-state index contributed by atoms with van der Waals surface area (Å²) in [5, 5.41) is 0.631. The number of hydrogen-bond donors (Lipinski definition) is 3. The van der Waals surface area contributed by atoms with Crippen molar-refractivity contribution in [2.75, 3.05) is 23.8 Å². The van der Waals surface area contributed by atoms with Gasteiger partial charge in [-0.2, -0.15) is 0 Å². The van der Waals surface area contributed by atoms with Crippen LogP contribution in [0.1, 0.15) is 6.92 Å². The zero-order chi connectivity index (χ0) is 27.9. The summed E-state index contributed by atoms with van der Waals surface area (Å²) in [5.74, 6) is 3.90. The topological polar surface area (TPSA) is 106 Å². The number of ether oxygens (including phenoxy) is 3. The molecule has 6 nitrogen and oxygen atoms in total. The minimum Gasteiger partial charge on any atom is -0.492 e. The minimum absolute atomic E-state index is 0.583. The van der Waals surface area contributed by atoms with Crippen molar-refractivity contribution in [3.05, 3.63) is 132 Å². The summed E-state index contributed by atoms with van der Waals surface area (Å²) in [4.78, 5) is 0. The maximum atomic E-state index is 5.68. The molecule has 0 aromatic heterocycles. The van der Waals surface area contributed by atoms with Gasteiger partial charge < -0.3 is 31.4 Å². The van der Waals surface area contributed by atoms with Crippen LogP contribution in [0.2, 0.25) is 5.02 Å². The Kier molecular flexibility index (Phi) is 11.4. The van der Waals surface area contributed by atoms with E-state index in [1.807, 2.05) is 110 Å². The number of halogens is 1. The Morgan fingerprint density at radius 1 is 0.538 bits per heavy atom. The number of benzene rings is 5. The highest BCUT2D eigenvalue weighted by Crippen LogP contribution is 2.25. The number of nitrogens with two attached hydrogens (primary N) is 3. The van der Waals surface area contributed by atoms with E-state index in [1.165, 1.54) is 0 Å². The minimum atomic E-state index is 0.583. The van der Waals surface area contributed by atoms with E-state index in [2.05, 4.69) is 0 Å². The SMILES string of the molecule is CCOc1ccc(Cl)cc1N.Nc1ccc(Oc2ccccc2)cc1.Nc1cccc(Oc2ccccc2)c1. The molecule has 0 spiro atoms. The van der Waals surface area contributed by atoms with Crippen molar-refractivity contribution in [3.63, 3.8) is 0 Å². The van der Waals surface area contributed by atoms with E-state index >= 15 is 0 Å². The van der Waals surface area contributed by atoms with Crippen molar-refractivity contribution in [3.8, 4) is 28.7 Å². The molecule has 0 heterocycles. The van der Waals surface area contributed by atoms with E-state index < -0.39 is 0 Å². The van der Waals surface area contributed by atoms with Gasteiger partial charge in [-0.1, -0.05) is 54.1 Å². The molecule has 0 unspecified atom stereocenters. The van der Waals surface area contributed by atoms with Gasteiger partial charge >= 0.3 is 0 Å². The van der Waals surface area contributed by atoms with Crippen LogP contribution < -0.4 is 31.4 Å². The number of anilines is 3. The van der Waals surface area contributed by atoms with E-state index in [-0.39, 0.29) is 0 Å². The molecule has 0 amide bonds. The van der Waals surface area contributed by atoms with Crippen molar-refractivity contribution in [2.24, 2.45) is 0 Å². The molecule has 0 saturated heterocycles. The smallest absolute Gasteiger partial charge is 0.142 e. The van der Waals surface area contributed by atoms with Crippen LogP contribution in [0, 0.1) is 0 Å². The Labute approximate surface area is 234 Å². The van der Waals surface area contributed by atoms with Crippen LogP contribution in [0.15, 0.2) is 127 Å². The number of rotatable bonds is 6. The van der Waals surface area contributed by atoms with E-state index in [1.54, 1.807) is 24.3 Å². The molecule has 0 saturated carbocycles. The second kappa shape index (κ2) is 15.4. The van der Waals surface area contributed by atoms with Gasteiger partial charge in [0.05, 0.1) is 12.3 Å². The standard InChI is InChI=1S/2C12H11NO.C8H10ClNO/c13-10-5-4-8-12(9-10)14-11-6-2-1-3-7-11;13-10-6-8-12(9-7-10)14-11-4-2-1-3-5-11;1-2-11-8-4-3-6(9)5-7(8)10/h2*1-9H,13H2;3-5H,2,10H2,1H3. The number of hydrogen-bond acceptors (Lipinski definition) is 6.